The van der Waals surface area contributed by atoms with Crippen molar-refractivity contribution in [1.82, 2.24) is 9.88 Å². The van der Waals surface area contributed by atoms with E-state index in [1.807, 2.05) is 13.8 Å². The molecule has 0 saturated carbocycles. The molecule has 0 aliphatic rings. The third kappa shape index (κ3) is 2.54. The molecule has 3 aromatic rings. The Hall–Kier alpha value is -2.76. The van der Waals surface area contributed by atoms with Crippen molar-refractivity contribution in [2.75, 3.05) is 13.1 Å². The molecule has 0 unspecified atom stereocenters. The fourth-order valence-corrected chi connectivity index (χ4v) is 2.74. The summed E-state index contributed by atoms with van der Waals surface area (Å²) in [5, 5.41) is 0.309. The van der Waals surface area contributed by atoms with Gasteiger partial charge in [-0.1, -0.05) is 0 Å². The number of halogens is 1. The number of nitrogens with zero attached hydrogens (tertiary/aromatic N) is 2. The van der Waals surface area contributed by atoms with Gasteiger partial charge in [0.15, 0.2) is 0 Å². The minimum atomic E-state index is -0.520. The predicted octanol–water partition coefficient (Wildman–Crippen LogP) is 3.27. The summed E-state index contributed by atoms with van der Waals surface area (Å²) in [5.74, 6) is -0.709. The van der Waals surface area contributed by atoms with Crippen molar-refractivity contribution in [3.63, 3.8) is 0 Å². The summed E-state index contributed by atoms with van der Waals surface area (Å²) in [6.07, 6.45) is 0. The van der Waals surface area contributed by atoms with Crippen molar-refractivity contribution in [3.8, 4) is 0 Å². The van der Waals surface area contributed by atoms with Gasteiger partial charge >= 0.3 is 0 Å². The molecule has 3 rings (SSSR count). The van der Waals surface area contributed by atoms with Crippen LogP contribution in [0.1, 0.15) is 29.9 Å². The highest BCUT2D eigenvalue weighted by atomic mass is 19.1. The highest BCUT2D eigenvalue weighted by molar-refractivity contribution is 5.99. The Morgan fingerprint density at radius 1 is 1.21 bits per heavy atom. The monoisotopic (exact) mass is 328 g/mol. The van der Waals surface area contributed by atoms with Gasteiger partial charge in [-0.05, 0) is 45.0 Å². The fraction of sp³-hybridized carbons (Fsp3) is 0.278. The molecule has 5 nitrogen and oxygen atoms in total. The third-order valence-corrected chi connectivity index (χ3v) is 4.10. The summed E-state index contributed by atoms with van der Waals surface area (Å²) in [6, 6.07) is 5.25. The lowest BCUT2D eigenvalue weighted by Gasteiger charge is -2.19. The van der Waals surface area contributed by atoms with Gasteiger partial charge in [0.25, 0.3) is 5.91 Å². The zero-order valence-corrected chi connectivity index (χ0v) is 13.7. The first kappa shape index (κ1) is 16.1. The SMILES string of the molecule is CCN(CC)C(=O)c1cc2c(=O)c3cc(F)ccc3oc2nc1C. The van der Waals surface area contributed by atoms with Crippen LogP contribution in [-0.4, -0.2) is 28.9 Å². The second kappa shape index (κ2) is 6.03. The Balaban J connectivity index is 2.30. The van der Waals surface area contributed by atoms with Gasteiger partial charge in [-0.15, -0.1) is 0 Å². The molecule has 0 aliphatic carbocycles. The minimum Gasteiger partial charge on any atom is -0.437 e. The van der Waals surface area contributed by atoms with E-state index in [0.29, 0.717) is 24.3 Å². The van der Waals surface area contributed by atoms with E-state index in [1.165, 1.54) is 18.2 Å². The van der Waals surface area contributed by atoms with Crippen molar-refractivity contribution in [2.45, 2.75) is 20.8 Å². The lowest BCUT2D eigenvalue weighted by Crippen LogP contribution is -2.31. The zero-order chi connectivity index (χ0) is 17.4. The molecule has 0 saturated heterocycles. The Labute approximate surface area is 137 Å². The molecule has 24 heavy (non-hydrogen) atoms. The number of aromatic nitrogens is 1. The number of carbonyl (C=O) groups excluding carboxylic acids is 1. The van der Waals surface area contributed by atoms with Crippen LogP contribution in [0.2, 0.25) is 0 Å². The summed E-state index contributed by atoms with van der Waals surface area (Å²) in [6.45, 7) is 6.59. The molecule has 0 bridgehead atoms. The van der Waals surface area contributed by atoms with Crippen LogP contribution < -0.4 is 5.43 Å². The van der Waals surface area contributed by atoms with E-state index in [4.69, 9.17) is 4.42 Å². The highest BCUT2D eigenvalue weighted by Gasteiger charge is 2.19. The van der Waals surface area contributed by atoms with Crippen LogP contribution in [0.25, 0.3) is 22.1 Å². The molecule has 1 amide bonds. The maximum absolute atomic E-state index is 13.4. The largest absolute Gasteiger partial charge is 0.437 e. The van der Waals surface area contributed by atoms with Crippen LogP contribution in [0.4, 0.5) is 4.39 Å². The number of amides is 1. The van der Waals surface area contributed by atoms with E-state index in [1.54, 1.807) is 11.8 Å². The molecule has 2 heterocycles. The Bertz CT molecular complexity index is 1010. The standard InChI is InChI=1S/C18H17FN2O3/c1-4-21(5-2)18(23)12-9-14-16(22)13-8-11(19)6-7-15(13)24-17(14)20-10(12)3/h6-9H,4-5H2,1-3H3. The Kier molecular flexibility index (Phi) is 4.05. The number of hydrogen-bond donors (Lipinski definition) is 0. The molecule has 0 fully saturated rings. The van der Waals surface area contributed by atoms with Gasteiger partial charge in [0, 0.05) is 13.1 Å². The first-order valence-electron chi connectivity index (χ1n) is 7.79. The summed E-state index contributed by atoms with van der Waals surface area (Å²) < 4.78 is 19.0. The van der Waals surface area contributed by atoms with E-state index in [2.05, 4.69) is 4.98 Å². The van der Waals surface area contributed by atoms with Crippen LogP contribution in [0.15, 0.2) is 33.5 Å². The molecule has 0 radical (unpaired) electrons. The van der Waals surface area contributed by atoms with Gasteiger partial charge in [-0.3, -0.25) is 9.59 Å². The first-order valence-corrected chi connectivity index (χ1v) is 7.79. The molecular weight excluding hydrogens is 311 g/mol. The van der Waals surface area contributed by atoms with E-state index in [-0.39, 0.29) is 28.0 Å². The first-order chi connectivity index (χ1) is 11.5. The summed E-state index contributed by atoms with van der Waals surface area (Å²) in [4.78, 5) is 31.2. The second-order valence-electron chi connectivity index (χ2n) is 5.52. The van der Waals surface area contributed by atoms with E-state index in [0.717, 1.165) is 6.07 Å². The predicted molar refractivity (Wildman–Crippen MR) is 89.7 cm³/mol. The van der Waals surface area contributed by atoms with E-state index >= 15 is 0 Å². The van der Waals surface area contributed by atoms with Crippen LogP contribution in [0.3, 0.4) is 0 Å². The Morgan fingerprint density at radius 3 is 2.58 bits per heavy atom. The lowest BCUT2D eigenvalue weighted by atomic mass is 10.1. The molecule has 124 valence electrons. The summed E-state index contributed by atoms with van der Waals surface area (Å²) in [5.41, 5.74) is 0.862. The van der Waals surface area contributed by atoms with Crippen LogP contribution in [-0.2, 0) is 0 Å². The van der Waals surface area contributed by atoms with Crippen molar-refractivity contribution >= 4 is 28.0 Å². The van der Waals surface area contributed by atoms with Gasteiger partial charge in [0.1, 0.15) is 11.4 Å². The summed E-state index contributed by atoms with van der Waals surface area (Å²) in [7, 11) is 0. The number of hydrogen-bond acceptors (Lipinski definition) is 4. The minimum absolute atomic E-state index is 0.134. The summed E-state index contributed by atoms with van der Waals surface area (Å²) >= 11 is 0. The molecule has 0 aliphatic heterocycles. The number of rotatable bonds is 3. The molecular formula is C18H17FN2O3. The fourth-order valence-electron chi connectivity index (χ4n) is 2.74. The zero-order valence-electron chi connectivity index (χ0n) is 13.7. The van der Waals surface area contributed by atoms with Gasteiger partial charge < -0.3 is 9.32 Å². The smallest absolute Gasteiger partial charge is 0.255 e. The maximum Gasteiger partial charge on any atom is 0.255 e. The van der Waals surface area contributed by atoms with Gasteiger partial charge in [0.2, 0.25) is 11.1 Å². The van der Waals surface area contributed by atoms with E-state index < -0.39 is 11.2 Å². The van der Waals surface area contributed by atoms with Gasteiger partial charge in [-0.2, -0.15) is 0 Å². The molecule has 1 aromatic carbocycles. The highest BCUT2D eigenvalue weighted by Crippen LogP contribution is 2.21. The van der Waals surface area contributed by atoms with Crippen molar-refractivity contribution < 1.29 is 13.6 Å². The number of benzene rings is 1. The third-order valence-electron chi connectivity index (χ3n) is 4.10. The topological polar surface area (TPSA) is 63.4 Å². The molecule has 0 spiro atoms. The van der Waals surface area contributed by atoms with Crippen LogP contribution >= 0.6 is 0 Å². The molecule has 0 atom stereocenters. The van der Waals surface area contributed by atoms with Crippen molar-refractivity contribution in [3.05, 3.63) is 51.6 Å². The number of pyridine rings is 1. The number of aryl methyl sites for hydroxylation is 1. The quantitative estimate of drug-likeness (QED) is 0.692. The Morgan fingerprint density at radius 2 is 1.92 bits per heavy atom. The normalized spacial score (nSPS) is 11.2. The van der Waals surface area contributed by atoms with Gasteiger partial charge in [0.05, 0.1) is 22.0 Å². The molecule has 6 heteroatoms. The van der Waals surface area contributed by atoms with E-state index in [9.17, 15) is 14.0 Å². The average Bonchev–Trinajstić information content (AvgIpc) is 2.56. The lowest BCUT2D eigenvalue weighted by molar-refractivity contribution is 0.0772. The van der Waals surface area contributed by atoms with Gasteiger partial charge in [-0.25, -0.2) is 9.37 Å². The second-order valence-corrected chi connectivity index (χ2v) is 5.52. The van der Waals surface area contributed by atoms with Crippen molar-refractivity contribution in [2.24, 2.45) is 0 Å². The maximum atomic E-state index is 13.4. The van der Waals surface area contributed by atoms with Crippen molar-refractivity contribution in [1.29, 1.82) is 0 Å². The average molecular weight is 328 g/mol. The van der Waals surface area contributed by atoms with Crippen LogP contribution in [0.5, 0.6) is 0 Å². The molecule has 0 N–H and O–H groups in total. The molecule has 2 aromatic heterocycles. The van der Waals surface area contributed by atoms with Crippen LogP contribution in [0, 0.1) is 12.7 Å². The number of carbonyl (C=O) groups is 1. The number of fused-ring (bicyclic) bond motifs is 2.